The lowest BCUT2D eigenvalue weighted by Crippen LogP contribution is -2.17. The average Bonchev–Trinajstić information content (AvgIpc) is 2.50. The smallest absolute Gasteiger partial charge is 0.290 e. The number of nitro benzene ring substituents is 1. The van der Waals surface area contributed by atoms with Gasteiger partial charge in [0.1, 0.15) is 0 Å². The van der Waals surface area contributed by atoms with Crippen molar-refractivity contribution in [1.29, 1.82) is 0 Å². The van der Waals surface area contributed by atoms with Gasteiger partial charge >= 0.3 is 0 Å². The minimum atomic E-state index is -4.21. The van der Waals surface area contributed by atoms with Crippen LogP contribution in [0.3, 0.4) is 0 Å². The second-order valence-corrected chi connectivity index (χ2v) is 6.86. The molecule has 128 valence electrons. The Kier molecular flexibility index (Phi) is 5.30. The molecule has 2 aromatic rings. The molecule has 0 bridgehead atoms. The summed E-state index contributed by atoms with van der Waals surface area (Å²) in [5.41, 5.74) is -0.124. The number of aryl methyl sites for hydroxylation is 1. The topological polar surface area (TPSA) is 98.5 Å². The first kappa shape index (κ1) is 18.0. The van der Waals surface area contributed by atoms with Crippen molar-refractivity contribution in [3.63, 3.8) is 0 Å². The summed E-state index contributed by atoms with van der Waals surface area (Å²) >= 11 is 6.03. The second kappa shape index (κ2) is 7.06. The van der Waals surface area contributed by atoms with Gasteiger partial charge < -0.3 is 4.74 Å². The summed E-state index contributed by atoms with van der Waals surface area (Å²) in [5, 5.41) is 11.4. The lowest BCUT2D eigenvalue weighted by molar-refractivity contribution is -0.387. The third-order valence-electron chi connectivity index (χ3n) is 3.16. The largest absolute Gasteiger partial charge is 0.490 e. The van der Waals surface area contributed by atoms with E-state index in [1.54, 1.807) is 19.1 Å². The first-order valence-corrected chi connectivity index (χ1v) is 8.82. The number of nitrogens with one attached hydrogen (secondary N) is 1. The first-order valence-electron chi connectivity index (χ1n) is 6.96. The van der Waals surface area contributed by atoms with Crippen LogP contribution < -0.4 is 9.46 Å². The predicted octanol–water partition coefficient (Wildman–Crippen LogP) is 3.76. The molecule has 0 aliphatic heterocycles. The van der Waals surface area contributed by atoms with Gasteiger partial charge in [0.05, 0.1) is 22.2 Å². The highest BCUT2D eigenvalue weighted by atomic mass is 35.5. The van der Waals surface area contributed by atoms with Crippen LogP contribution in [-0.2, 0) is 10.0 Å². The number of para-hydroxylation sites is 1. The Bertz CT molecular complexity index is 883. The van der Waals surface area contributed by atoms with Gasteiger partial charge in [-0.05, 0) is 31.5 Å². The number of ether oxygens (including phenoxy) is 1. The van der Waals surface area contributed by atoms with Gasteiger partial charge in [0.2, 0.25) is 0 Å². The molecule has 2 rings (SSSR count). The Morgan fingerprint density at radius 2 is 1.92 bits per heavy atom. The maximum atomic E-state index is 12.7. The highest BCUT2D eigenvalue weighted by Gasteiger charge is 2.28. The van der Waals surface area contributed by atoms with Gasteiger partial charge in [-0.25, -0.2) is 8.42 Å². The second-order valence-electron chi connectivity index (χ2n) is 4.84. The van der Waals surface area contributed by atoms with Gasteiger partial charge in [-0.1, -0.05) is 29.8 Å². The van der Waals surface area contributed by atoms with Crippen molar-refractivity contribution in [1.82, 2.24) is 0 Å². The number of sulfonamides is 1. The molecule has 0 spiro atoms. The Hall–Kier alpha value is -2.32. The summed E-state index contributed by atoms with van der Waals surface area (Å²) in [6, 6.07) is 8.64. The molecule has 2 aromatic carbocycles. The van der Waals surface area contributed by atoms with E-state index in [-0.39, 0.29) is 28.6 Å². The average molecular weight is 371 g/mol. The molecule has 0 atom stereocenters. The molecular weight excluding hydrogens is 356 g/mol. The van der Waals surface area contributed by atoms with Crippen LogP contribution in [0.2, 0.25) is 5.02 Å². The quantitative estimate of drug-likeness (QED) is 0.616. The maximum Gasteiger partial charge on any atom is 0.290 e. The fourth-order valence-electron chi connectivity index (χ4n) is 2.21. The number of nitrogens with zero attached hydrogens (tertiary/aromatic N) is 1. The Morgan fingerprint density at radius 3 is 2.54 bits per heavy atom. The van der Waals surface area contributed by atoms with Gasteiger partial charge in [0.25, 0.3) is 15.7 Å². The zero-order chi connectivity index (χ0) is 17.9. The standard InChI is InChI=1S/C15H15ClN2O5S/c1-3-23-14-11(16)7-5-8-12(14)17-24(21,22)15-10(2)6-4-9-13(15)18(19)20/h4-9,17H,3H2,1-2H3. The number of nitro groups is 1. The summed E-state index contributed by atoms with van der Waals surface area (Å²) in [4.78, 5) is 10.0. The van der Waals surface area contributed by atoms with Crippen molar-refractivity contribution in [3.8, 4) is 5.75 Å². The van der Waals surface area contributed by atoms with Crippen LogP contribution in [0.1, 0.15) is 12.5 Å². The van der Waals surface area contributed by atoms with Crippen LogP contribution >= 0.6 is 11.6 Å². The predicted molar refractivity (Wildman–Crippen MR) is 91.3 cm³/mol. The summed E-state index contributed by atoms with van der Waals surface area (Å²) in [6.07, 6.45) is 0. The fourth-order valence-corrected chi connectivity index (χ4v) is 3.90. The van der Waals surface area contributed by atoms with Gasteiger partial charge in [-0.2, -0.15) is 0 Å². The highest BCUT2D eigenvalue weighted by Crippen LogP contribution is 2.36. The number of rotatable bonds is 6. The third-order valence-corrected chi connectivity index (χ3v) is 5.01. The molecule has 0 unspecified atom stereocenters. The van der Waals surface area contributed by atoms with Gasteiger partial charge in [-0.3, -0.25) is 14.8 Å². The van der Waals surface area contributed by atoms with E-state index < -0.39 is 25.5 Å². The molecule has 0 aliphatic rings. The molecular formula is C15H15ClN2O5S. The molecule has 9 heteroatoms. The monoisotopic (exact) mass is 370 g/mol. The van der Waals surface area contributed by atoms with E-state index in [9.17, 15) is 18.5 Å². The lowest BCUT2D eigenvalue weighted by atomic mass is 10.2. The van der Waals surface area contributed by atoms with Gasteiger partial charge in [0.15, 0.2) is 10.6 Å². The van der Waals surface area contributed by atoms with Crippen molar-refractivity contribution < 1.29 is 18.1 Å². The highest BCUT2D eigenvalue weighted by molar-refractivity contribution is 7.93. The van der Waals surface area contributed by atoms with E-state index in [4.69, 9.17) is 16.3 Å². The molecule has 0 saturated carbocycles. The van der Waals surface area contributed by atoms with E-state index in [1.165, 1.54) is 25.1 Å². The molecule has 0 aliphatic carbocycles. The van der Waals surface area contributed by atoms with E-state index in [1.807, 2.05) is 0 Å². The van der Waals surface area contributed by atoms with E-state index in [0.717, 1.165) is 6.07 Å². The van der Waals surface area contributed by atoms with Crippen molar-refractivity contribution in [2.45, 2.75) is 18.7 Å². The SMILES string of the molecule is CCOc1c(Cl)cccc1NS(=O)(=O)c1c(C)cccc1[N+](=O)[O-]. The molecule has 0 fully saturated rings. The normalized spacial score (nSPS) is 11.1. The van der Waals surface area contributed by atoms with Crippen LogP contribution in [0, 0.1) is 17.0 Å². The molecule has 1 N–H and O–H groups in total. The molecule has 0 amide bonds. The summed E-state index contributed by atoms with van der Waals surface area (Å²) in [5.74, 6) is 0.168. The third kappa shape index (κ3) is 3.60. The van der Waals surface area contributed by atoms with Gasteiger partial charge in [0, 0.05) is 6.07 Å². The zero-order valence-electron chi connectivity index (χ0n) is 12.9. The Morgan fingerprint density at radius 1 is 1.25 bits per heavy atom. The van der Waals surface area contributed by atoms with Crippen molar-refractivity contribution in [3.05, 3.63) is 57.1 Å². The van der Waals surface area contributed by atoms with Crippen LogP contribution in [0.4, 0.5) is 11.4 Å². The molecule has 0 heterocycles. The molecule has 0 aromatic heterocycles. The van der Waals surface area contributed by atoms with Crippen LogP contribution in [0.15, 0.2) is 41.3 Å². The summed E-state index contributed by atoms with van der Waals surface area (Å²) < 4.78 is 33.1. The van der Waals surface area contributed by atoms with Crippen LogP contribution in [0.25, 0.3) is 0 Å². The van der Waals surface area contributed by atoms with Crippen LogP contribution in [-0.4, -0.2) is 19.9 Å². The maximum absolute atomic E-state index is 12.7. The molecule has 0 saturated heterocycles. The number of halogens is 1. The van der Waals surface area contributed by atoms with Crippen molar-refractivity contribution in [2.75, 3.05) is 11.3 Å². The Balaban J connectivity index is 2.56. The number of hydrogen-bond donors (Lipinski definition) is 1. The zero-order valence-corrected chi connectivity index (χ0v) is 14.5. The minimum Gasteiger partial charge on any atom is -0.490 e. The van der Waals surface area contributed by atoms with E-state index in [2.05, 4.69) is 4.72 Å². The lowest BCUT2D eigenvalue weighted by Gasteiger charge is -2.15. The van der Waals surface area contributed by atoms with Crippen LogP contribution in [0.5, 0.6) is 5.75 Å². The molecule has 24 heavy (non-hydrogen) atoms. The summed E-state index contributed by atoms with van der Waals surface area (Å²) in [7, 11) is -4.21. The van der Waals surface area contributed by atoms with Gasteiger partial charge in [-0.15, -0.1) is 0 Å². The fraction of sp³-hybridized carbons (Fsp3) is 0.200. The summed E-state index contributed by atoms with van der Waals surface area (Å²) in [6.45, 7) is 3.50. The number of hydrogen-bond acceptors (Lipinski definition) is 5. The van der Waals surface area contributed by atoms with Crippen molar-refractivity contribution >= 4 is 33.0 Å². The van der Waals surface area contributed by atoms with E-state index >= 15 is 0 Å². The number of anilines is 1. The molecule has 7 nitrogen and oxygen atoms in total. The minimum absolute atomic E-state index is 0.113. The molecule has 0 radical (unpaired) electrons. The Labute approximate surface area is 144 Å². The van der Waals surface area contributed by atoms with E-state index in [0.29, 0.717) is 0 Å². The van der Waals surface area contributed by atoms with Crippen molar-refractivity contribution in [2.24, 2.45) is 0 Å². The number of benzene rings is 2. The first-order chi connectivity index (χ1) is 11.3.